The second-order valence-corrected chi connectivity index (χ2v) is 5.68. The van der Waals surface area contributed by atoms with E-state index in [1.165, 1.54) is 12.8 Å². The predicted octanol–water partition coefficient (Wildman–Crippen LogP) is 2.34. The highest BCUT2D eigenvalue weighted by Gasteiger charge is 2.16. The number of phenols is 1. The summed E-state index contributed by atoms with van der Waals surface area (Å²) in [5.41, 5.74) is 0.972. The second-order valence-electron chi connectivity index (χ2n) is 4.76. The molecule has 1 heterocycles. The van der Waals surface area contributed by atoms with Gasteiger partial charge >= 0.3 is 0 Å². The molecule has 1 unspecified atom stereocenters. The van der Waals surface area contributed by atoms with Crippen LogP contribution in [0.4, 0.5) is 0 Å². The van der Waals surface area contributed by atoms with Crippen LogP contribution < -0.4 is 5.32 Å². The van der Waals surface area contributed by atoms with Crippen LogP contribution in [0, 0.1) is 0 Å². The quantitative estimate of drug-likeness (QED) is 0.896. The Balaban J connectivity index is 1.92. The summed E-state index contributed by atoms with van der Waals surface area (Å²) in [4.78, 5) is 2.25. The van der Waals surface area contributed by atoms with Gasteiger partial charge in [-0.2, -0.15) is 0 Å². The van der Waals surface area contributed by atoms with Crippen molar-refractivity contribution >= 4 is 15.9 Å². The summed E-state index contributed by atoms with van der Waals surface area (Å²) in [6.07, 6.45) is 2.54. The molecule has 1 aromatic carbocycles. The molecule has 0 saturated carbocycles. The van der Waals surface area contributed by atoms with Crippen LogP contribution in [-0.4, -0.2) is 36.2 Å². The van der Waals surface area contributed by atoms with Gasteiger partial charge in [0.25, 0.3) is 0 Å². The fraction of sp³-hybridized carbons (Fsp3) is 0.538. The van der Waals surface area contributed by atoms with E-state index in [0.717, 1.165) is 29.7 Å². The fourth-order valence-corrected chi connectivity index (χ4v) is 2.73. The fourth-order valence-electron chi connectivity index (χ4n) is 2.32. The van der Waals surface area contributed by atoms with Gasteiger partial charge in [0.05, 0.1) is 0 Å². The summed E-state index contributed by atoms with van der Waals surface area (Å²) in [5.74, 6) is 0.374. The van der Waals surface area contributed by atoms with E-state index >= 15 is 0 Å². The Hall–Kier alpha value is -0.580. The lowest BCUT2D eigenvalue weighted by atomic mass is 10.1. The number of halogens is 1. The molecule has 0 aliphatic carbocycles. The maximum absolute atomic E-state index is 9.78. The maximum Gasteiger partial charge on any atom is 0.120 e. The van der Waals surface area contributed by atoms with Crippen LogP contribution in [0.3, 0.4) is 0 Å². The van der Waals surface area contributed by atoms with Crippen LogP contribution in [0.5, 0.6) is 5.75 Å². The number of nitrogens with zero attached hydrogens (tertiary/aromatic N) is 1. The van der Waals surface area contributed by atoms with Gasteiger partial charge in [-0.3, -0.25) is 0 Å². The molecule has 2 N–H and O–H groups in total. The van der Waals surface area contributed by atoms with Gasteiger partial charge in [0.1, 0.15) is 5.75 Å². The molecule has 1 atom stereocenters. The van der Waals surface area contributed by atoms with E-state index in [9.17, 15) is 5.11 Å². The first-order valence-corrected chi connectivity index (χ1v) is 6.84. The van der Waals surface area contributed by atoms with E-state index < -0.39 is 0 Å². The lowest BCUT2D eigenvalue weighted by molar-refractivity contribution is 0.289. The van der Waals surface area contributed by atoms with Crippen molar-refractivity contribution in [3.8, 4) is 5.75 Å². The topological polar surface area (TPSA) is 35.5 Å². The van der Waals surface area contributed by atoms with Crippen LogP contribution >= 0.6 is 15.9 Å². The van der Waals surface area contributed by atoms with Gasteiger partial charge in [-0.1, -0.05) is 15.9 Å². The Morgan fingerprint density at radius 1 is 1.53 bits per heavy atom. The molecular formula is C13H19BrN2O. The maximum atomic E-state index is 9.78. The molecule has 1 fully saturated rings. The van der Waals surface area contributed by atoms with Gasteiger partial charge in [0, 0.05) is 29.2 Å². The molecule has 0 bridgehead atoms. The van der Waals surface area contributed by atoms with Crippen molar-refractivity contribution in [2.45, 2.75) is 25.4 Å². The van der Waals surface area contributed by atoms with Crippen LogP contribution in [0.15, 0.2) is 22.7 Å². The average molecular weight is 299 g/mol. The van der Waals surface area contributed by atoms with E-state index in [0.29, 0.717) is 11.8 Å². The molecule has 0 spiro atoms. The highest BCUT2D eigenvalue weighted by Crippen LogP contribution is 2.23. The molecule has 3 nitrogen and oxygen atoms in total. The van der Waals surface area contributed by atoms with Crippen LogP contribution in [0.1, 0.15) is 18.4 Å². The first kappa shape index (κ1) is 12.9. The van der Waals surface area contributed by atoms with Gasteiger partial charge in [-0.15, -0.1) is 0 Å². The van der Waals surface area contributed by atoms with E-state index in [-0.39, 0.29) is 0 Å². The minimum absolute atomic E-state index is 0.374. The Kier molecular flexibility index (Phi) is 4.42. The van der Waals surface area contributed by atoms with E-state index in [2.05, 4.69) is 33.2 Å². The molecule has 1 saturated heterocycles. The van der Waals surface area contributed by atoms with Gasteiger partial charge < -0.3 is 15.3 Å². The highest BCUT2D eigenvalue weighted by molar-refractivity contribution is 9.10. The number of likely N-dealkylation sites (N-methyl/N-ethyl adjacent to an activating group) is 1. The lowest BCUT2D eigenvalue weighted by Gasteiger charge is -2.21. The Bertz CT molecular complexity index is 378. The molecule has 1 aliphatic heterocycles. The SMILES string of the molecule is CN(Cc1cc(Br)ccc1O)CC1CCCN1. The summed E-state index contributed by atoms with van der Waals surface area (Å²) in [6.45, 7) is 2.95. The molecule has 2 rings (SSSR count). The minimum atomic E-state index is 0.374. The van der Waals surface area contributed by atoms with Crippen molar-refractivity contribution in [2.24, 2.45) is 0 Å². The number of hydrogen-bond donors (Lipinski definition) is 2. The minimum Gasteiger partial charge on any atom is -0.508 e. The number of rotatable bonds is 4. The second kappa shape index (κ2) is 5.85. The number of aromatic hydroxyl groups is 1. The molecule has 17 heavy (non-hydrogen) atoms. The third kappa shape index (κ3) is 3.69. The first-order valence-electron chi connectivity index (χ1n) is 6.04. The van der Waals surface area contributed by atoms with Crippen LogP contribution in [0.25, 0.3) is 0 Å². The van der Waals surface area contributed by atoms with Gasteiger partial charge in [-0.05, 0) is 44.6 Å². The van der Waals surface area contributed by atoms with Crippen molar-refractivity contribution in [3.63, 3.8) is 0 Å². The van der Waals surface area contributed by atoms with Crippen molar-refractivity contribution < 1.29 is 5.11 Å². The number of hydrogen-bond acceptors (Lipinski definition) is 3. The lowest BCUT2D eigenvalue weighted by Crippen LogP contribution is -2.34. The third-order valence-electron chi connectivity index (χ3n) is 3.18. The monoisotopic (exact) mass is 298 g/mol. The first-order chi connectivity index (χ1) is 8.15. The molecular weight excluding hydrogens is 280 g/mol. The zero-order chi connectivity index (χ0) is 12.3. The summed E-state index contributed by atoms with van der Waals surface area (Å²) in [6, 6.07) is 6.18. The molecule has 0 aromatic heterocycles. The van der Waals surface area contributed by atoms with Crippen molar-refractivity contribution in [1.82, 2.24) is 10.2 Å². The van der Waals surface area contributed by atoms with E-state index in [4.69, 9.17) is 0 Å². The van der Waals surface area contributed by atoms with Crippen molar-refractivity contribution in [2.75, 3.05) is 20.1 Å². The molecule has 1 aliphatic rings. The van der Waals surface area contributed by atoms with Crippen molar-refractivity contribution in [1.29, 1.82) is 0 Å². The molecule has 1 aromatic rings. The van der Waals surface area contributed by atoms with Gasteiger partial charge in [0.2, 0.25) is 0 Å². The average Bonchev–Trinajstić information content (AvgIpc) is 2.76. The van der Waals surface area contributed by atoms with Crippen molar-refractivity contribution in [3.05, 3.63) is 28.2 Å². The van der Waals surface area contributed by atoms with E-state index in [1.807, 2.05) is 12.1 Å². The number of phenolic OH excluding ortho intramolecular Hbond substituents is 1. The zero-order valence-corrected chi connectivity index (χ0v) is 11.7. The Labute approximate surface area is 111 Å². The molecule has 0 radical (unpaired) electrons. The number of benzene rings is 1. The molecule has 94 valence electrons. The zero-order valence-electron chi connectivity index (χ0n) is 10.1. The normalized spacial score (nSPS) is 20.1. The standard InChI is InChI=1S/C13H19BrN2O/c1-16(9-12-3-2-6-15-12)8-10-7-11(14)4-5-13(10)17/h4-5,7,12,15,17H,2-3,6,8-9H2,1H3. The Morgan fingerprint density at radius 2 is 2.35 bits per heavy atom. The smallest absolute Gasteiger partial charge is 0.120 e. The molecule has 4 heteroatoms. The predicted molar refractivity (Wildman–Crippen MR) is 73.2 cm³/mol. The summed E-state index contributed by atoms with van der Waals surface area (Å²) < 4.78 is 1.01. The van der Waals surface area contributed by atoms with E-state index in [1.54, 1.807) is 6.07 Å². The Morgan fingerprint density at radius 3 is 3.06 bits per heavy atom. The van der Waals surface area contributed by atoms with Crippen LogP contribution in [-0.2, 0) is 6.54 Å². The highest BCUT2D eigenvalue weighted by atomic mass is 79.9. The summed E-state index contributed by atoms with van der Waals surface area (Å²) >= 11 is 3.43. The van der Waals surface area contributed by atoms with Crippen LogP contribution in [0.2, 0.25) is 0 Å². The summed E-state index contributed by atoms with van der Waals surface area (Å²) in [5, 5.41) is 13.3. The third-order valence-corrected chi connectivity index (χ3v) is 3.67. The van der Waals surface area contributed by atoms with Gasteiger partial charge in [-0.25, -0.2) is 0 Å². The van der Waals surface area contributed by atoms with Gasteiger partial charge in [0.15, 0.2) is 0 Å². The summed E-state index contributed by atoms with van der Waals surface area (Å²) in [7, 11) is 2.10. The molecule has 0 amide bonds. The number of nitrogens with one attached hydrogen (secondary N) is 1. The largest absolute Gasteiger partial charge is 0.508 e.